The lowest BCUT2D eigenvalue weighted by Gasteiger charge is -2.44. The molecule has 7 heteroatoms. The summed E-state index contributed by atoms with van der Waals surface area (Å²) in [5, 5.41) is 42.9. The van der Waals surface area contributed by atoms with Gasteiger partial charge in [0.2, 0.25) is 0 Å². The lowest BCUT2D eigenvalue weighted by atomic mass is 9.80. The van der Waals surface area contributed by atoms with E-state index in [-0.39, 0.29) is 22.5 Å². The third-order valence-corrected chi connectivity index (χ3v) is 7.20. The van der Waals surface area contributed by atoms with Crippen LogP contribution in [0.15, 0.2) is 0 Å². The first-order valence-corrected chi connectivity index (χ1v) is 10.3. The second-order valence-corrected chi connectivity index (χ2v) is 9.65. The Balaban J connectivity index is 1.99. The molecule has 0 spiro atoms. The average molecular weight is 376 g/mol. The second-order valence-electron chi connectivity index (χ2n) is 8.09. The first-order valence-electron chi connectivity index (χ1n) is 9.39. The van der Waals surface area contributed by atoms with E-state index >= 15 is 0 Å². The number of rotatable bonds is 6. The average Bonchev–Trinajstić information content (AvgIpc) is 2.55. The summed E-state index contributed by atoms with van der Waals surface area (Å²) in [5.41, 5.74) is 0. The van der Waals surface area contributed by atoms with Crippen LogP contribution >= 0.6 is 11.8 Å². The largest absolute Gasteiger partial charge is 0.480 e. The van der Waals surface area contributed by atoms with Crippen LogP contribution in [0.2, 0.25) is 0 Å². The molecule has 1 aliphatic carbocycles. The number of carboxylic acids is 1. The Bertz CT molecular complexity index is 449. The number of nitrogens with one attached hydrogen (secondary N) is 1. The molecule has 2 rings (SSSR count). The summed E-state index contributed by atoms with van der Waals surface area (Å²) in [6.45, 7) is 5.91. The van der Waals surface area contributed by atoms with E-state index in [0.717, 1.165) is 25.7 Å². The molecule has 1 saturated heterocycles. The van der Waals surface area contributed by atoms with Crippen molar-refractivity contribution in [2.24, 2.45) is 11.8 Å². The maximum Gasteiger partial charge on any atom is 0.320 e. The summed E-state index contributed by atoms with van der Waals surface area (Å²) in [5.74, 6) is -0.291. The molecule has 2 unspecified atom stereocenters. The van der Waals surface area contributed by atoms with Crippen molar-refractivity contribution in [1.29, 1.82) is 0 Å². The number of hydrogen-bond donors (Lipinski definition) is 5. The molecule has 1 heterocycles. The summed E-state index contributed by atoms with van der Waals surface area (Å²) >= 11 is 1.55. The van der Waals surface area contributed by atoms with E-state index in [2.05, 4.69) is 5.32 Å². The topological polar surface area (TPSA) is 110 Å². The minimum absolute atomic E-state index is 0.116. The van der Waals surface area contributed by atoms with Crippen molar-refractivity contribution in [2.75, 3.05) is 0 Å². The predicted octanol–water partition coefficient (Wildman–Crippen LogP) is 1.22. The highest BCUT2D eigenvalue weighted by Gasteiger charge is 2.45. The van der Waals surface area contributed by atoms with Crippen molar-refractivity contribution in [3.8, 4) is 0 Å². The summed E-state index contributed by atoms with van der Waals surface area (Å²) in [6, 6.07) is -0.426. The predicted molar refractivity (Wildman–Crippen MR) is 98.6 cm³/mol. The Morgan fingerprint density at radius 2 is 1.84 bits per heavy atom. The van der Waals surface area contributed by atoms with Crippen LogP contribution in [-0.2, 0) is 4.79 Å². The molecule has 0 aromatic heterocycles. The van der Waals surface area contributed by atoms with E-state index in [0.29, 0.717) is 12.3 Å². The van der Waals surface area contributed by atoms with E-state index in [4.69, 9.17) is 0 Å². The molecule has 0 aromatic rings. The van der Waals surface area contributed by atoms with E-state index < -0.39 is 30.3 Å². The van der Waals surface area contributed by atoms with Crippen LogP contribution in [0, 0.1) is 11.8 Å². The molecular formula is C18H33NO5S. The Kier molecular flexibility index (Phi) is 7.58. The number of carbonyl (C=O) groups is 1. The second kappa shape index (κ2) is 9.04. The summed E-state index contributed by atoms with van der Waals surface area (Å²) < 4.78 is 0. The van der Waals surface area contributed by atoms with Crippen molar-refractivity contribution >= 4 is 17.7 Å². The van der Waals surface area contributed by atoms with Crippen LogP contribution in [0.3, 0.4) is 0 Å². The van der Waals surface area contributed by atoms with Crippen molar-refractivity contribution in [3.05, 3.63) is 0 Å². The highest BCUT2D eigenvalue weighted by atomic mass is 32.2. The molecule has 2 fully saturated rings. The zero-order valence-corrected chi connectivity index (χ0v) is 16.2. The van der Waals surface area contributed by atoms with E-state index in [1.807, 2.05) is 20.8 Å². The standard InChI is InChI=1S/C18H33NO5S/c1-9(2)7-13(18(23)24)19-12-6-4-5-11(8-12)17-16(22)15(21)14(20)10(3)25-17/h9-17,19-22H,4-8H2,1-3H3,(H,23,24)/t10-,11?,12?,13-,14+,15+,16-,17-/m0/s1. The number of carboxylic acid groups (broad SMARTS) is 1. The van der Waals surface area contributed by atoms with Crippen LogP contribution in [0.4, 0.5) is 0 Å². The Morgan fingerprint density at radius 3 is 2.44 bits per heavy atom. The minimum atomic E-state index is -1.11. The first kappa shape index (κ1) is 21.0. The van der Waals surface area contributed by atoms with Gasteiger partial charge < -0.3 is 25.7 Å². The number of aliphatic hydroxyl groups is 3. The first-order chi connectivity index (χ1) is 11.7. The molecule has 1 aliphatic heterocycles. The molecule has 8 atom stereocenters. The minimum Gasteiger partial charge on any atom is -0.480 e. The van der Waals surface area contributed by atoms with Crippen molar-refractivity contribution in [1.82, 2.24) is 5.32 Å². The fourth-order valence-corrected chi connectivity index (χ4v) is 5.76. The van der Waals surface area contributed by atoms with Crippen molar-refractivity contribution < 1.29 is 25.2 Å². The molecular weight excluding hydrogens is 342 g/mol. The van der Waals surface area contributed by atoms with Crippen molar-refractivity contribution in [3.63, 3.8) is 0 Å². The summed E-state index contributed by atoms with van der Waals surface area (Å²) in [7, 11) is 0. The van der Waals surface area contributed by atoms with E-state index in [9.17, 15) is 25.2 Å². The van der Waals surface area contributed by atoms with Crippen LogP contribution < -0.4 is 5.32 Å². The zero-order chi connectivity index (χ0) is 18.7. The fraction of sp³-hybridized carbons (Fsp3) is 0.944. The Labute approximate surface area is 154 Å². The number of aliphatic carboxylic acids is 1. The fourth-order valence-electron chi connectivity index (χ4n) is 4.15. The molecule has 0 amide bonds. The van der Waals surface area contributed by atoms with Crippen LogP contribution in [0.25, 0.3) is 0 Å². The smallest absolute Gasteiger partial charge is 0.320 e. The molecule has 1 saturated carbocycles. The van der Waals surface area contributed by atoms with Gasteiger partial charge in [0.25, 0.3) is 0 Å². The highest BCUT2D eigenvalue weighted by molar-refractivity contribution is 8.00. The summed E-state index contributed by atoms with van der Waals surface area (Å²) in [4.78, 5) is 11.5. The van der Waals surface area contributed by atoms with Crippen LogP contribution in [0.5, 0.6) is 0 Å². The van der Waals surface area contributed by atoms with Crippen LogP contribution in [0.1, 0.15) is 52.9 Å². The van der Waals surface area contributed by atoms with Gasteiger partial charge in [-0.3, -0.25) is 4.79 Å². The highest BCUT2D eigenvalue weighted by Crippen LogP contribution is 2.41. The monoisotopic (exact) mass is 375 g/mol. The molecule has 0 aromatic carbocycles. The van der Waals surface area contributed by atoms with Gasteiger partial charge in [0.1, 0.15) is 12.1 Å². The van der Waals surface area contributed by atoms with Gasteiger partial charge >= 0.3 is 5.97 Å². The van der Waals surface area contributed by atoms with Gasteiger partial charge in [0.05, 0.1) is 12.2 Å². The molecule has 25 heavy (non-hydrogen) atoms. The third-order valence-electron chi connectivity index (χ3n) is 5.51. The lowest BCUT2D eigenvalue weighted by molar-refractivity contribution is -0.140. The maximum absolute atomic E-state index is 11.5. The molecule has 2 aliphatic rings. The molecule has 146 valence electrons. The molecule has 0 radical (unpaired) electrons. The Hall–Kier alpha value is -0.340. The molecule has 5 N–H and O–H groups in total. The van der Waals surface area contributed by atoms with Gasteiger partial charge in [-0.25, -0.2) is 0 Å². The number of thioether (sulfide) groups is 1. The molecule has 0 bridgehead atoms. The van der Waals surface area contributed by atoms with Gasteiger partial charge in [-0.1, -0.05) is 27.2 Å². The van der Waals surface area contributed by atoms with Crippen molar-refractivity contribution in [2.45, 2.75) is 93.8 Å². The van der Waals surface area contributed by atoms with Gasteiger partial charge in [-0.05, 0) is 37.5 Å². The normalized spacial score (nSPS) is 40.8. The third kappa shape index (κ3) is 5.32. The van der Waals surface area contributed by atoms with Gasteiger partial charge in [-0.15, -0.1) is 11.8 Å². The zero-order valence-electron chi connectivity index (χ0n) is 15.3. The van der Waals surface area contributed by atoms with Gasteiger partial charge in [0.15, 0.2) is 0 Å². The van der Waals surface area contributed by atoms with Gasteiger partial charge in [-0.2, -0.15) is 0 Å². The quantitative estimate of drug-likeness (QED) is 0.475. The summed E-state index contributed by atoms with van der Waals surface area (Å²) in [6.07, 6.45) is 1.32. The van der Waals surface area contributed by atoms with E-state index in [1.165, 1.54) is 0 Å². The molecule has 6 nitrogen and oxygen atoms in total. The number of hydrogen-bond acceptors (Lipinski definition) is 6. The van der Waals surface area contributed by atoms with Crippen LogP contribution in [-0.4, -0.2) is 67.3 Å². The SMILES string of the molecule is CC(C)C[C@H](NC1CCCC([C@@H]2S[C@@H](C)[C@@H](O)[C@@H](O)[C@@H]2O)C1)C(=O)O. The maximum atomic E-state index is 11.5. The Morgan fingerprint density at radius 1 is 1.16 bits per heavy atom. The van der Waals surface area contributed by atoms with Gasteiger partial charge in [0, 0.05) is 16.5 Å². The van der Waals surface area contributed by atoms with E-state index in [1.54, 1.807) is 11.8 Å². The lowest BCUT2D eigenvalue weighted by Crippen LogP contribution is -2.55. The number of aliphatic hydroxyl groups excluding tert-OH is 3.